The predicted octanol–water partition coefficient (Wildman–Crippen LogP) is 1.72. The van der Waals surface area contributed by atoms with E-state index in [4.69, 9.17) is 15.2 Å². The number of carbonyl (C=O) groups is 4. The Morgan fingerprint density at radius 3 is 2.16 bits per heavy atom. The lowest BCUT2D eigenvalue weighted by Crippen LogP contribution is -2.41. The Hall–Kier alpha value is -5.11. The molecule has 1 heterocycles. The Bertz CT molecular complexity index is 1360. The number of nitriles is 1. The number of hydrogen-bond acceptors (Lipinski definition) is 9. The third-order valence-electron chi connectivity index (χ3n) is 5.92. The Morgan fingerprint density at radius 1 is 1.05 bits per heavy atom. The van der Waals surface area contributed by atoms with E-state index in [1.807, 2.05) is 0 Å². The molecule has 0 aromatic heterocycles. The number of nitrogens with one attached hydrogen (secondary N) is 1. The maximum absolute atomic E-state index is 13.1. The molecule has 3 rings (SSSR count). The molecule has 0 saturated heterocycles. The molecule has 11 heteroatoms. The zero-order valence-electron chi connectivity index (χ0n) is 20.9. The fraction of sp³-hybridized carbons (Fsp3) is 0.222. The molecule has 0 bridgehead atoms. The van der Waals surface area contributed by atoms with Crippen molar-refractivity contribution in [1.82, 2.24) is 5.32 Å². The second-order valence-electron chi connectivity index (χ2n) is 8.30. The van der Waals surface area contributed by atoms with Crippen LogP contribution in [0.1, 0.15) is 24.0 Å². The highest BCUT2D eigenvalue weighted by Gasteiger charge is 2.43. The molecule has 2 aromatic carbocycles. The predicted molar refractivity (Wildman–Crippen MR) is 135 cm³/mol. The van der Waals surface area contributed by atoms with Crippen LogP contribution in [0, 0.1) is 11.3 Å². The smallest absolute Gasteiger partial charge is 0.355 e. The number of carboxylic acids is 1. The largest absolute Gasteiger partial charge is 0.480 e. The summed E-state index contributed by atoms with van der Waals surface area (Å²) in [5.74, 6) is -4.50. The van der Waals surface area contributed by atoms with E-state index >= 15 is 0 Å². The molecule has 2 aromatic rings. The maximum atomic E-state index is 13.1. The number of hydrogen-bond donors (Lipinski definition) is 3. The second kappa shape index (κ2) is 11.7. The van der Waals surface area contributed by atoms with Gasteiger partial charge in [-0.25, -0.2) is 14.4 Å². The molecule has 0 fully saturated rings. The molecule has 0 radical (unpaired) electrons. The summed E-state index contributed by atoms with van der Waals surface area (Å²) in [6.45, 7) is 1.22. The Labute approximate surface area is 218 Å². The molecule has 11 nitrogen and oxygen atoms in total. The monoisotopic (exact) mass is 518 g/mol. The summed E-state index contributed by atoms with van der Waals surface area (Å²) in [6.07, 6.45) is -0.00680. The highest BCUT2D eigenvalue weighted by atomic mass is 16.5. The highest BCUT2D eigenvalue weighted by molar-refractivity contribution is 6.06. The van der Waals surface area contributed by atoms with Crippen LogP contribution in [0.4, 0.5) is 5.69 Å². The van der Waals surface area contributed by atoms with Crippen molar-refractivity contribution in [2.24, 2.45) is 5.73 Å². The number of anilines is 1. The average Bonchev–Trinajstić information content (AvgIpc) is 2.91. The zero-order valence-corrected chi connectivity index (χ0v) is 20.9. The molecule has 2 atom stereocenters. The van der Waals surface area contributed by atoms with Crippen molar-refractivity contribution in [1.29, 1.82) is 5.26 Å². The molecule has 0 aliphatic carbocycles. The van der Waals surface area contributed by atoms with Crippen LogP contribution in [0.25, 0.3) is 0 Å². The van der Waals surface area contributed by atoms with E-state index in [1.165, 1.54) is 11.8 Å². The number of benzene rings is 2. The molecule has 38 heavy (non-hydrogen) atoms. The van der Waals surface area contributed by atoms with Crippen molar-refractivity contribution in [2.45, 2.75) is 25.3 Å². The zero-order chi connectivity index (χ0) is 28.0. The highest BCUT2D eigenvalue weighted by Crippen LogP contribution is 2.43. The van der Waals surface area contributed by atoms with Crippen LogP contribution in [0.2, 0.25) is 0 Å². The molecule has 2 unspecified atom stereocenters. The van der Waals surface area contributed by atoms with Gasteiger partial charge < -0.3 is 25.6 Å². The van der Waals surface area contributed by atoms with Crippen molar-refractivity contribution in [3.8, 4) is 6.07 Å². The van der Waals surface area contributed by atoms with Crippen molar-refractivity contribution in [2.75, 3.05) is 19.1 Å². The number of methoxy groups -OCH3 is 2. The van der Waals surface area contributed by atoms with Crippen LogP contribution in [-0.2, 0) is 35.1 Å². The Kier molecular flexibility index (Phi) is 8.50. The first-order valence-electron chi connectivity index (χ1n) is 11.4. The van der Waals surface area contributed by atoms with Gasteiger partial charge in [-0.15, -0.1) is 0 Å². The standard InChI is InChI=1S/C27H26N4O7/c1-15(32)30-20(25(33)34)13-16-9-11-18(12-10-16)31-23(27(36)38-3)22(26(35)37-2)21(19(14-28)24(31)29)17-7-5-4-6-8-17/h4-12,20-21H,13,29H2,1-3H3,(H,30,32)(H,33,34). The van der Waals surface area contributed by atoms with Crippen molar-refractivity contribution in [3.63, 3.8) is 0 Å². The lowest BCUT2D eigenvalue weighted by Gasteiger charge is -2.36. The Balaban J connectivity index is 2.18. The van der Waals surface area contributed by atoms with Gasteiger partial charge >= 0.3 is 17.9 Å². The molecule has 1 aliphatic heterocycles. The van der Waals surface area contributed by atoms with Gasteiger partial charge in [-0.2, -0.15) is 5.26 Å². The van der Waals surface area contributed by atoms with E-state index in [9.17, 15) is 29.5 Å². The van der Waals surface area contributed by atoms with Crippen molar-refractivity contribution in [3.05, 3.63) is 88.4 Å². The van der Waals surface area contributed by atoms with Crippen LogP contribution >= 0.6 is 0 Å². The summed E-state index contributed by atoms with van der Waals surface area (Å²) in [4.78, 5) is 50.3. The third-order valence-corrected chi connectivity index (χ3v) is 5.92. The maximum Gasteiger partial charge on any atom is 0.355 e. The summed E-state index contributed by atoms with van der Waals surface area (Å²) in [5, 5.41) is 21.9. The number of amides is 1. The SMILES string of the molecule is COC(=O)C1=C(C(=O)OC)N(c2ccc(CC(NC(C)=O)C(=O)O)cc2)C(N)=C(C#N)C1c1ccccc1. The number of nitrogens with two attached hydrogens (primary N) is 1. The lowest BCUT2D eigenvalue weighted by molar-refractivity contribution is -0.141. The first-order valence-corrected chi connectivity index (χ1v) is 11.4. The Morgan fingerprint density at radius 2 is 1.66 bits per heavy atom. The summed E-state index contributed by atoms with van der Waals surface area (Å²) in [7, 11) is 2.31. The van der Waals surface area contributed by atoms with E-state index in [1.54, 1.807) is 54.6 Å². The topological polar surface area (TPSA) is 172 Å². The van der Waals surface area contributed by atoms with E-state index < -0.39 is 35.8 Å². The molecule has 0 saturated carbocycles. The van der Waals surface area contributed by atoms with Gasteiger partial charge in [-0.1, -0.05) is 42.5 Å². The lowest BCUT2D eigenvalue weighted by atomic mass is 9.81. The number of carbonyl (C=O) groups excluding carboxylic acids is 3. The van der Waals surface area contributed by atoms with Crippen LogP contribution < -0.4 is 16.0 Å². The van der Waals surface area contributed by atoms with Crippen molar-refractivity contribution < 1.29 is 33.8 Å². The van der Waals surface area contributed by atoms with Gasteiger partial charge in [0.1, 0.15) is 17.6 Å². The van der Waals surface area contributed by atoms with Gasteiger partial charge in [0.05, 0.1) is 37.4 Å². The molecule has 1 amide bonds. The summed E-state index contributed by atoms with van der Waals surface area (Å²) in [6, 6.07) is 15.8. The van der Waals surface area contributed by atoms with Gasteiger partial charge in [-0.05, 0) is 23.3 Å². The van der Waals surface area contributed by atoms with E-state index in [-0.39, 0.29) is 29.1 Å². The molecule has 0 spiro atoms. The molecular formula is C27H26N4O7. The number of rotatable bonds is 8. The number of carboxylic acid groups (broad SMARTS) is 1. The fourth-order valence-electron chi connectivity index (χ4n) is 4.24. The number of ether oxygens (including phenoxy) is 2. The van der Waals surface area contributed by atoms with Gasteiger partial charge in [-0.3, -0.25) is 9.69 Å². The second-order valence-corrected chi connectivity index (χ2v) is 8.30. The van der Waals surface area contributed by atoms with Gasteiger partial charge in [0.25, 0.3) is 0 Å². The molecule has 1 aliphatic rings. The van der Waals surface area contributed by atoms with E-state index in [0.717, 1.165) is 14.2 Å². The van der Waals surface area contributed by atoms with Gasteiger partial charge in [0.15, 0.2) is 0 Å². The fourth-order valence-corrected chi connectivity index (χ4v) is 4.24. The third kappa shape index (κ3) is 5.49. The first-order chi connectivity index (χ1) is 18.1. The molecule has 4 N–H and O–H groups in total. The number of esters is 2. The summed E-state index contributed by atoms with van der Waals surface area (Å²) < 4.78 is 10.00. The van der Waals surface area contributed by atoms with Crippen LogP contribution in [0.5, 0.6) is 0 Å². The average molecular weight is 519 g/mol. The summed E-state index contributed by atoms with van der Waals surface area (Å²) >= 11 is 0. The van der Waals surface area contributed by atoms with Crippen LogP contribution in [0.3, 0.4) is 0 Å². The normalized spacial score (nSPS) is 15.8. The minimum atomic E-state index is -1.20. The van der Waals surface area contributed by atoms with Gasteiger partial charge in [0, 0.05) is 19.0 Å². The molecular weight excluding hydrogens is 492 g/mol. The van der Waals surface area contributed by atoms with Crippen molar-refractivity contribution >= 4 is 29.5 Å². The number of nitrogens with zero attached hydrogens (tertiary/aromatic N) is 2. The van der Waals surface area contributed by atoms with E-state index in [2.05, 4.69) is 11.4 Å². The number of aliphatic carboxylic acids is 1. The van der Waals surface area contributed by atoms with Crippen LogP contribution in [-0.4, -0.2) is 49.2 Å². The minimum absolute atomic E-state index is 0.00680. The van der Waals surface area contributed by atoms with E-state index in [0.29, 0.717) is 16.8 Å². The number of allylic oxidation sites excluding steroid dienone is 1. The minimum Gasteiger partial charge on any atom is -0.480 e. The van der Waals surface area contributed by atoms with Gasteiger partial charge in [0.2, 0.25) is 5.91 Å². The summed E-state index contributed by atoms with van der Waals surface area (Å²) in [5.41, 5.74) is 7.54. The van der Waals surface area contributed by atoms with Crippen LogP contribution in [0.15, 0.2) is 77.3 Å². The molecule has 196 valence electrons. The first kappa shape index (κ1) is 27.5. The quantitative estimate of drug-likeness (QED) is 0.437.